The zero-order chi connectivity index (χ0) is 17.9. The number of nitrogens with one attached hydrogen (secondary N) is 1. The first-order valence-electron chi connectivity index (χ1n) is 8.18. The summed E-state index contributed by atoms with van der Waals surface area (Å²) < 4.78 is 27.1. The van der Waals surface area contributed by atoms with E-state index in [-0.39, 0.29) is 9.77 Å². The highest BCUT2D eigenvalue weighted by molar-refractivity contribution is 7.89. The quantitative estimate of drug-likeness (QED) is 0.720. The number of amides is 1. The molecule has 1 aromatic heterocycles. The van der Waals surface area contributed by atoms with Crippen molar-refractivity contribution in [3.63, 3.8) is 0 Å². The average Bonchev–Trinajstić information content (AvgIpc) is 3.10. The van der Waals surface area contributed by atoms with E-state index in [1.807, 2.05) is 6.07 Å². The largest absolute Gasteiger partial charge is 0.371 e. The lowest BCUT2D eigenvalue weighted by Gasteiger charge is -2.31. The van der Waals surface area contributed by atoms with Crippen molar-refractivity contribution in [2.75, 3.05) is 24.5 Å². The van der Waals surface area contributed by atoms with Gasteiger partial charge < -0.3 is 10.6 Å². The van der Waals surface area contributed by atoms with Gasteiger partial charge in [0.25, 0.3) is 5.91 Å². The molecule has 0 saturated heterocycles. The molecule has 0 aliphatic carbocycles. The molecule has 0 radical (unpaired) electrons. The number of primary amides is 1. The van der Waals surface area contributed by atoms with Gasteiger partial charge in [-0.25, -0.2) is 13.1 Å². The molecule has 2 heterocycles. The number of sulfonamides is 1. The molecule has 0 fully saturated rings. The second kappa shape index (κ2) is 7.55. The van der Waals surface area contributed by atoms with Gasteiger partial charge in [-0.05, 0) is 37.0 Å². The first-order valence-corrected chi connectivity index (χ1v) is 10.5. The van der Waals surface area contributed by atoms with Crippen LogP contribution in [0.5, 0.6) is 0 Å². The van der Waals surface area contributed by atoms with Crippen LogP contribution in [0.1, 0.15) is 28.1 Å². The van der Waals surface area contributed by atoms with Crippen molar-refractivity contribution in [1.82, 2.24) is 4.72 Å². The van der Waals surface area contributed by atoms with E-state index in [0.29, 0.717) is 13.0 Å². The normalized spacial score (nSPS) is 14.3. The third-order valence-corrected chi connectivity index (χ3v) is 6.77. The summed E-state index contributed by atoms with van der Waals surface area (Å²) in [6, 6.07) is 9.67. The van der Waals surface area contributed by atoms with Gasteiger partial charge in [-0.3, -0.25) is 4.79 Å². The number of para-hydroxylation sites is 1. The monoisotopic (exact) mass is 379 g/mol. The van der Waals surface area contributed by atoms with Crippen LogP contribution in [-0.4, -0.2) is 34.0 Å². The highest BCUT2D eigenvalue weighted by atomic mass is 32.2. The van der Waals surface area contributed by atoms with Gasteiger partial charge in [-0.15, -0.1) is 11.3 Å². The van der Waals surface area contributed by atoms with Crippen LogP contribution in [-0.2, 0) is 16.4 Å². The summed E-state index contributed by atoms with van der Waals surface area (Å²) in [5.41, 5.74) is 7.77. The molecular formula is C17H21N3O3S2. The fourth-order valence-corrected chi connectivity index (χ4v) is 5.19. The van der Waals surface area contributed by atoms with E-state index in [0.717, 1.165) is 37.3 Å². The molecule has 6 nitrogen and oxygen atoms in total. The predicted molar refractivity (Wildman–Crippen MR) is 99.6 cm³/mol. The number of carbonyl (C=O) groups excluding carboxylic acids is 1. The Morgan fingerprint density at radius 3 is 2.88 bits per heavy atom. The Morgan fingerprint density at radius 2 is 2.12 bits per heavy atom. The molecule has 1 aromatic carbocycles. The molecule has 3 rings (SSSR count). The van der Waals surface area contributed by atoms with Gasteiger partial charge in [0.1, 0.15) is 0 Å². The van der Waals surface area contributed by atoms with Gasteiger partial charge >= 0.3 is 0 Å². The number of anilines is 1. The zero-order valence-corrected chi connectivity index (χ0v) is 15.4. The average molecular weight is 380 g/mol. The standard InChI is InChI=1S/C17H21N3O3S2/c18-17(21)16-11-14(12-24-16)25(22,23)19-8-4-10-20-9-3-6-13-5-1-2-7-15(13)20/h1-2,5,7,11-12,19H,3-4,6,8-10H2,(H2,18,21). The van der Waals surface area contributed by atoms with Crippen molar-refractivity contribution < 1.29 is 13.2 Å². The first-order chi connectivity index (χ1) is 12.0. The summed E-state index contributed by atoms with van der Waals surface area (Å²) in [5, 5.41) is 1.43. The fourth-order valence-electron chi connectivity index (χ4n) is 2.99. The van der Waals surface area contributed by atoms with Crippen molar-refractivity contribution in [2.45, 2.75) is 24.2 Å². The first kappa shape index (κ1) is 17.9. The Bertz CT molecular complexity index is 862. The van der Waals surface area contributed by atoms with E-state index >= 15 is 0 Å². The fraction of sp³-hybridized carbons (Fsp3) is 0.353. The minimum Gasteiger partial charge on any atom is -0.371 e. The third kappa shape index (κ3) is 4.20. The topological polar surface area (TPSA) is 92.5 Å². The van der Waals surface area contributed by atoms with Gasteiger partial charge in [-0.2, -0.15) is 0 Å². The Labute approximate surface area is 151 Å². The highest BCUT2D eigenvalue weighted by Gasteiger charge is 2.18. The number of hydrogen-bond donors (Lipinski definition) is 2. The molecular weight excluding hydrogens is 358 g/mol. The molecule has 0 unspecified atom stereocenters. The van der Waals surface area contributed by atoms with Crippen LogP contribution in [0.15, 0.2) is 40.6 Å². The number of nitrogens with two attached hydrogens (primary N) is 1. The molecule has 2 aromatic rings. The SMILES string of the molecule is NC(=O)c1cc(S(=O)(=O)NCCCN2CCCc3ccccc32)cs1. The molecule has 0 spiro atoms. The molecule has 1 amide bonds. The van der Waals surface area contributed by atoms with E-state index < -0.39 is 15.9 Å². The van der Waals surface area contributed by atoms with Crippen molar-refractivity contribution in [3.05, 3.63) is 46.2 Å². The van der Waals surface area contributed by atoms with E-state index in [4.69, 9.17) is 5.73 Å². The van der Waals surface area contributed by atoms with Crippen LogP contribution in [0.2, 0.25) is 0 Å². The van der Waals surface area contributed by atoms with Crippen molar-refractivity contribution >= 4 is 33.0 Å². The van der Waals surface area contributed by atoms with Gasteiger partial charge in [0.05, 0.1) is 9.77 Å². The minimum absolute atomic E-state index is 0.0922. The van der Waals surface area contributed by atoms with Crippen LogP contribution < -0.4 is 15.4 Å². The van der Waals surface area contributed by atoms with Crippen LogP contribution in [0.4, 0.5) is 5.69 Å². The lowest BCUT2D eigenvalue weighted by atomic mass is 10.0. The molecule has 25 heavy (non-hydrogen) atoms. The van der Waals surface area contributed by atoms with Crippen molar-refractivity contribution in [2.24, 2.45) is 5.73 Å². The molecule has 1 aliphatic rings. The Morgan fingerprint density at radius 1 is 1.32 bits per heavy atom. The van der Waals surface area contributed by atoms with Gasteiger partial charge in [0.15, 0.2) is 0 Å². The number of thiophene rings is 1. The summed E-state index contributed by atoms with van der Waals surface area (Å²) in [6.07, 6.45) is 2.92. The summed E-state index contributed by atoms with van der Waals surface area (Å²) in [7, 11) is -3.60. The van der Waals surface area contributed by atoms with E-state index in [1.54, 1.807) is 0 Å². The number of carbonyl (C=O) groups is 1. The maximum atomic E-state index is 12.2. The summed E-state index contributed by atoms with van der Waals surface area (Å²) in [4.78, 5) is 13.7. The second-order valence-corrected chi connectivity index (χ2v) is 8.66. The number of aryl methyl sites for hydroxylation is 1. The van der Waals surface area contributed by atoms with Crippen molar-refractivity contribution in [3.8, 4) is 0 Å². The Kier molecular flexibility index (Phi) is 5.41. The zero-order valence-electron chi connectivity index (χ0n) is 13.8. The highest BCUT2D eigenvalue weighted by Crippen LogP contribution is 2.26. The number of benzene rings is 1. The maximum Gasteiger partial charge on any atom is 0.258 e. The molecule has 0 bridgehead atoms. The second-order valence-electron chi connectivity index (χ2n) is 5.98. The Hall–Kier alpha value is -1.90. The third-order valence-electron chi connectivity index (χ3n) is 4.23. The molecule has 1 aliphatic heterocycles. The van der Waals surface area contributed by atoms with E-state index in [2.05, 4.69) is 27.8 Å². The molecule has 0 saturated carbocycles. The molecule has 3 N–H and O–H groups in total. The number of rotatable bonds is 7. The molecule has 0 atom stereocenters. The maximum absolute atomic E-state index is 12.2. The van der Waals surface area contributed by atoms with Crippen LogP contribution in [0.25, 0.3) is 0 Å². The number of nitrogens with zero attached hydrogens (tertiary/aromatic N) is 1. The van der Waals surface area contributed by atoms with Crippen molar-refractivity contribution in [1.29, 1.82) is 0 Å². The summed E-state index contributed by atoms with van der Waals surface area (Å²) in [5.74, 6) is -0.616. The molecule has 8 heteroatoms. The molecule has 134 valence electrons. The van der Waals surface area contributed by atoms with Gasteiger partial charge in [0.2, 0.25) is 10.0 Å². The van der Waals surface area contributed by atoms with Crippen LogP contribution in [0.3, 0.4) is 0 Å². The number of fused-ring (bicyclic) bond motifs is 1. The lowest BCUT2D eigenvalue weighted by molar-refractivity contribution is 0.100. The summed E-state index contributed by atoms with van der Waals surface area (Å²) >= 11 is 1.04. The van der Waals surface area contributed by atoms with Gasteiger partial charge in [-0.1, -0.05) is 18.2 Å². The van der Waals surface area contributed by atoms with Gasteiger partial charge in [0, 0.05) is 30.7 Å². The van der Waals surface area contributed by atoms with E-state index in [9.17, 15) is 13.2 Å². The van der Waals surface area contributed by atoms with Crippen LogP contribution >= 0.6 is 11.3 Å². The predicted octanol–water partition coefficient (Wildman–Crippen LogP) is 1.97. The number of hydrogen-bond acceptors (Lipinski definition) is 5. The smallest absolute Gasteiger partial charge is 0.258 e. The van der Waals surface area contributed by atoms with Crippen LogP contribution in [0, 0.1) is 0 Å². The van der Waals surface area contributed by atoms with E-state index in [1.165, 1.54) is 22.7 Å². The lowest BCUT2D eigenvalue weighted by Crippen LogP contribution is -2.33. The Balaban J connectivity index is 1.54. The summed E-state index contributed by atoms with van der Waals surface area (Å²) in [6.45, 7) is 2.15. The minimum atomic E-state index is -3.60.